The van der Waals surface area contributed by atoms with E-state index in [9.17, 15) is 13.2 Å². The first-order valence-corrected chi connectivity index (χ1v) is 7.18. The van der Waals surface area contributed by atoms with Gasteiger partial charge in [0, 0.05) is 18.1 Å². The van der Waals surface area contributed by atoms with Gasteiger partial charge in [-0.1, -0.05) is 0 Å². The molecule has 0 bridgehead atoms. The SMILES string of the molecule is CS(=O)(=O)c1ccc(Nc2n[nH]cc2C(N)=O)cc1. The van der Waals surface area contributed by atoms with E-state index in [1.807, 2.05) is 0 Å². The number of primary amides is 1. The summed E-state index contributed by atoms with van der Waals surface area (Å²) in [5.74, 6) is -0.316. The molecule has 7 nitrogen and oxygen atoms in total. The predicted octanol–water partition coefficient (Wildman–Crippen LogP) is 0.656. The van der Waals surface area contributed by atoms with Crippen LogP contribution < -0.4 is 11.1 Å². The Morgan fingerprint density at radius 1 is 1.32 bits per heavy atom. The molecule has 0 spiro atoms. The molecule has 2 rings (SSSR count). The van der Waals surface area contributed by atoms with Gasteiger partial charge in [-0.3, -0.25) is 9.89 Å². The Morgan fingerprint density at radius 2 is 1.95 bits per heavy atom. The van der Waals surface area contributed by atoms with E-state index in [1.165, 1.54) is 18.3 Å². The number of sulfone groups is 1. The summed E-state index contributed by atoms with van der Waals surface area (Å²) in [6.45, 7) is 0. The number of rotatable bonds is 4. The van der Waals surface area contributed by atoms with E-state index in [4.69, 9.17) is 5.73 Å². The highest BCUT2D eigenvalue weighted by molar-refractivity contribution is 7.90. The first kappa shape index (κ1) is 13.1. The zero-order valence-electron chi connectivity index (χ0n) is 10.0. The van der Waals surface area contributed by atoms with Crippen LogP contribution in [0, 0.1) is 0 Å². The number of carbonyl (C=O) groups is 1. The van der Waals surface area contributed by atoms with Crippen molar-refractivity contribution >= 4 is 27.2 Å². The summed E-state index contributed by atoms with van der Waals surface area (Å²) in [6, 6.07) is 6.09. The second-order valence-electron chi connectivity index (χ2n) is 3.93. The Hall–Kier alpha value is -2.35. The quantitative estimate of drug-likeness (QED) is 0.760. The second-order valence-corrected chi connectivity index (χ2v) is 5.95. The number of nitrogens with one attached hydrogen (secondary N) is 2. The van der Waals surface area contributed by atoms with E-state index >= 15 is 0 Å². The Morgan fingerprint density at radius 3 is 2.47 bits per heavy atom. The van der Waals surface area contributed by atoms with Crippen molar-refractivity contribution in [1.29, 1.82) is 0 Å². The van der Waals surface area contributed by atoms with Gasteiger partial charge >= 0.3 is 0 Å². The monoisotopic (exact) mass is 280 g/mol. The third-order valence-electron chi connectivity index (χ3n) is 2.45. The maximum Gasteiger partial charge on any atom is 0.254 e. The molecule has 0 saturated carbocycles. The average Bonchev–Trinajstić information content (AvgIpc) is 2.77. The molecule has 1 amide bonds. The molecule has 0 fully saturated rings. The van der Waals surface area contributed by atoms with E-state index in [1.54, 1.807) is 12.1 Å². The molecule has 0 aliphatic carbocycles. The number of hydrogen-bond donors (Lipinski definition) is 3. The third kappa shape index (κ3) is 2.91. The molecule has 8 heteroatoms. The van der Waals surface area contributed by atoms with Crippen molar-refractivity contribution in [3.05, 3.63) is 36.0 Å². The fourth-order valence-corrected chi connectivity index (χ4v) is 2.13. The molecule has 19 heavy (non-hydrogen) atoms. The van der Waals surface area contributed by atoms with Crippen LogP contribution in [-0.4, -0.2) is 30.8 Å². The Bertz CT molecular complexity index is 704. The number of benzene rings is 1. The van der Waals surface area contributed by atoms with Crippen LogP contribution in [0.5, 0.6) is 0 Å². The third-order valence-corrected chi connectivity index (χ3v) is 3.58. The number of H-pyrrole nitrogens is 1. The van der Waals surface area contributed by atoms with Crippen LogP contribution >= 0.6 is 0 Å². The van der Waals surface area contributed by atoms with Crippen LogP contribution in [0.3, 0.4) is 0 Å². The van der Waals surface area contributed by atoms with Crippen LogP contribution in [0.15, 0.2) is 35.4 Å². The Kier molecular flexibility index (Phi) is 3.26. The van der Waals surface area contributed by atoms with Gasteiger partial charge in [-0.15, -0.1) is 0 Å². The lowest BCUT2D eigenvalue weighted by Gasteiger charge is -2.05. The summed E-state index contributed by atoms with van der Waals surface area (Å²) >= 11 is 0. The minimum atomic E-state index is -3.23. The lowest BCUT2D eigenvalue weighted by atomic mass is 10.3. The van der Waals surface area contributed by atoms with Crippen molar-refractivity contribution < 1.29 is 13.2 Å². The van der Waals surface area contributed by atoms with Crippen LogP contribution in [0.2, 0.25) is 0 Å². The van der Waals surface area contributed by atoms with Gasteiger partial charge in [-0.05, 0) is 24.3 Å². The lowest BCUT2D eigenvalue weighted by molar-refractivity contribution is 0.100. The predicted molar refractivity (Wildman–Crippen MR) is 69.9 cm³/mol. The highest BCUT2D eigenvalue weighted by Gasteiger charge is 2.11. The summed E-state index contributed by atoms with van der Waals surface area (Å²) < 4.78 is 22.6. The Labute approximate surface area is 109 Å². The van der Waals surface area contributed by atoms with E-state index in [-0.39, 0.29) is 10.5 Å². The number of amides is 1. The molecule has 1 aromatic carbocycles. The topological polar surface area (TPSA) is 118 Å². The van der Waals surface area contributed by atoms with Crippen LogP contribution in [0.25, 0.3) is 0 Å². The molecule has 0 saturated heterocycles. The van der Waals surface area contributed by atoms with E-state index in [2.05, 4.69) is 15.5 Å². The van der Waals surface area contributed by atoms with Crippen molar-refractivity contribution in [2.24, 2.45) is 5.73 Å². The summed E-state index contributed by atoms with van der Waals surface area (Å²) in [5, 5.41) is 9.25. The van der Waals surface area contributed by atoms with Gasteiger partial charge in [-0.2, -0.15) is 5.10 Å². The van der Waals surface area contributed by atoms with Gasteiger partial charge in [0.05, 0.1) is 4.90 Å². The summed E-state index contributed by atoms with van der Waals surface area (Å²) in [7, 11) is -3.23. The zero-order valence-corrected chi connectivity index (χ0v) is 10.9. The fourth-order valence-electron chi connectivity index (χ4n) is 1.50. The fraction of sp³-hybridized carbons (Fsp3) is 0.0909. The molecular weight excluding hydrogens is 268 g/mol. The van der Waals surface area contributed by atoms with Crippen LogP contribution in [0.1, 0.15) is 10.4 Å². The standard InChI is InChI=1S/C11H12N4O3S/c1-19(17,18)8-4-2-7(3-5-8)14-11-9(10(12)16)6-13-15-11/h2-6H,1H3,(H2,12,16)(H2,13,14,15). The average molecular weight is 280 g/mol. The highest BCUT2D eigenvalue weighted by atomic mass is 32.2. The highest BCUT2D eigenvalue weighted by Crippen LogP contribution is 2.19. The summed E-state index contributed by atoms with van der Waals surface area (Å²) in [4.78, 5) is 11.3. The number of aromatic nitrogens is 2. The molecule has 0 aliphatic rings. The van der Waals surface area contributed by atoms with Gasteiger partial charge in [-0.25, -0.2) is 8.42 Å². The van der Waals surface area contributed by atoms with E-state index < -0.39 is 15.7 Å². The molecule has 4 N–H and O–H groups in total. The number of anilines is 2. The van der Waals surface area contributed by atoms with Crippen LogP contribution in [0.4, 0.5) is 11.5 Å². The van der Waals surface area contributed by atoms with Crippen LogP contribution in [-0.2, 0) is 9.84 Å². The second kappa shape index (κ2) is 4.73. The molecule has 0 unspecified atom stereocenters. The number of hydrogen-bond acceptors (Lipinski definition) is 5. The molecule has 1 aromatic heterocycles. The van der Waals surface area contributed by atoms with Gasteiger partial charge < -0.3 is 11.1 Å². The smallest absolute Gasteiger partial charge is 0.254 e. The number of nitrogens with two attached hydrogens (primary N) is 1. The van der Waals surface area contributed by atoms with Crippen molar-refractivity contribution in [3.8, 4) is 0 Å². The van der Waals surface area contributed by atoms with Gasteiger partial charge in [0.1, 0.15) is 5.56 Å². The molecular formula is C11H12N4O3S. The summed E-state index contributed by atoms with van der Waals surface area (Å²) in [6.07, 6.45) is 2.52. The maximum atomic E-state index is 11.3. The molecule has 1 heterocycles. The van der Waals surface area contributed by atoms with E-state index in [0.29, 0.717) is 11.5 Å². The van der Waals surface area contributed by atoms with Gasteiger partial charge in [0.15, 0.2) is 15.7 Å². The largest absolute Gasteiger partial charge is 0.365 e. The normalized spacial score (nSPS) is 11.2. The maximum absolute atomic E-state index is 11.3. The molecule has 0 aliphatic heterocycles. The van der Waals surface area contributed by atoms with E-state index in [0.717, 1.165) is 6.26 Å². The minimum absolute atomic E-state index is 0.218. The lowest BCUT2D eigenvalue weighted by Crippen LogP contribution is -2.12. The number of nitrogens with zero attached hydrogens (tertiary/aromatic N) is 1. The van der Waals surface area contributed by atoms with Gasteiger partial charge in [0.25, 0.3) is 5.91 Å². The van der Waals surface area contributed by atoms with Crippen molar-refractivity contribution in [1.82, 2.24) is 10.2 Å². The molecule has 0 atom stereocenters. The first-order valence-electron chi connectivity index (χ1n) is 5.28. The summed E-state index contributed by atoms with van der Waals surface area (Å²) in [5.41, 5.74) is 6.00. The number of carbonyl (C=O) groups excluding carboxylic acids is 1. The minimum Gasteiger partial charge on any atom is -0.365 e. The first-order chi connectivity index (χ1) is 8.88. The molecule has 0 radical (unpaired) electrons. The Balaban J connectivity index is 2.25. The zero-order chi connectivity index (χ0) is 14.0. The van der Waals surface area contributed by atoms with Crippen molar-refractivity contribution in [3.63, 3.8) is 0 Å². The number of aromatic amines is 1. The molecule has 2 aromatic rings. The van der Waals surface area contributed by atoms with Gasteiger partial charge in [0.2, 0.25) is 0 Å². The molecule has 100 valence electrons. The van der Waals surface area contributed by atoms with Crippen molar-refractivity contribution in [2.45, 2.75) is 4.90 Å². The van der Waals surface area contributed by atoms with Crippen molar-refractivity contribution in [2.75, 3.05) is 11.6 Å².